The molecule has 0 aliphatic heterocycles. The Morgan fingerprint density at radius 1 is 1.32 bits per heavy atom. The Morgan fingerprint density at radius 2 is 1.95 bits per heavy atom. The normalized spacial score (nSPS) is 14.4. The van der Waals surface area contributed by atoms with Crippen LogP contribution in [0.4, 0.5) is 4.39 Å². The number of aliphatic hydroxyl groups excluding tert-OH is 1. The van der Waals surface area contributed by atoms with E-state index in [-0.39, 0.29) is 11.7 Å². The van der Waals surface area contributed by atoms with E-state index in [2.05, 4.69) is 4.98 Å². The molecule has 0 saturated heterocycles. The molecule has 0 aliphatic rings. The van der Waals surface area contributed by atoms with Gasteiger partial charge in [-0.25, -0.2) is 9.37 Å². The van der Waals surface area contributed by atoms with E-state index in [0.717, 1.165) is 21.1 Å². The van der Waals surface area contributed by atoms with E-state index in [1.54, 1.807) is 12.1 Å². The Bertz CT molecular complexity index is 553. The first-order valence-electron chi connectivity index (χ1n) is 6.10. The molecule has 3 N–H and O–H groups in total. The molecule has 102 valence electrons. The molecule has 0 saturated carbocycles. The first kappa shape index (κ1) is 14.1. The number of hydrogen-bond acceptors (Lipinski definition) is 4. The van der Waals surface area contributed by atoms with Gasteiger partial charge < -0.3 is 10.8 Å². The third kappa shape index (κ3) is 3.00. The molecule has 2 unspecified atom stereocenters. The van der Waals surface area contributed by atoms with Gasteiger partial charge in [0.05, 0.1) is 21.7 Å². The number of aromatic nitrogens is 1. The lowest BCUT2D eigenvalue weighted by molar-refractivity contribution is 0.150. The predicted molar refractivity (Wildman–Crippen MR) is 74.7 cm³/mol. The fourth-order valence-electron chi connectivity index (χ4n) is 2.16. The Labute approximate surface area is 115 Å². The molecule has 5 heteroatoms. The third-order valence-electron chi connectivity index (χ3n) is 3.14. The highest BCUT2D eigenvalue weighted by Crippen LogP contribution is 2.35. The number of nitrogens with zero attached hydrogens (tertiary/aromatic N) is 1. The number of halogens is 1. The minimum Gasteiger partial charge on any atom is -0.387 e. The maximum Gasteiger partial charge on any atom is 0.123 e. The van der Waals surface area contributed by atoms with Crippen LogP contribution >= 0.6 is 11.3 Å². The molecule has 2 rings (SSSR count). The minimum absolute atomic E-state index is 0.251. The molecule has 0 fully saturated rings. The summed E-state index contributed by atoms with van der Waals surface area (Å²) in [5, 5.41) is 11.4. The fourth-order valence-corrected chi connectivity index (χ4v) is 3.14. The Hall–Kier alpha value is -1.30. The summed E-state index contributed by atoms with van der Waals surface area (Å²) in [5.74, 6) is -0.544. The van der Waals surface area contributed by atoms with Crippen molar-refractivity contribution in [2.24, 2.45) is 5.73 Å². The summed E-state index contributed by atoms with van der Waals surface area (Å²) in [6, 6.07) is 6.10. The topological polar surface area (TPSA) is 59.1 Å². The van der Waals surface area contributed by atoms with E-state index < -0.39 is 6.10 Å². The summed E-state index contributed by atoms with van der Waals surface area (Å²) in [4.78, 5) is 5.15. The monoisotopic (exact) mass is 280 g/mol. The standard InChI is InChI=1S/C14H17FN2OS/c1-8-14(19-9(2)17-8)13(18)12(7-16)10-3-5-11(15)6-4-10/h3-6,12-13,18H,7,16H2,1-2H3. The lowest BCUT2D eigenvalue weighted by atomic mass is 9.92. The maximum atomic E-state index is 12.9. The Balaban J connectivity index is 2.31. The number of nitrogens with two attached hydrogens (primary N) is 1. The number of hydrogen-bond donors (Lipinski definition) is 2. The van der Waals surface area contributed by atoms with Crippen molar-refractivity contribution in [1.82, 2.24) is 4.98 Å². The highest BCUT2D eigenvalue weighted by Gasteiger charge is 2.25. The smallest absolute Gasteiger partial charge is 0.123 e. The zero-order valence-corrected chi connectivity index (χ0v) is 11.7. The molecule has 0 amide bonds. The molecular weight excluding hydrogens is 263 g/mol. The van der Waals surface area contributed by atoms with Crippen molar-refractivity contribution in [3.63, 3.8) is 0 Å². The van der Waals surface area contributed by atoms with Gasteiger partial charge in [-0.3, -0.25) is 0 Å². The highest BCUT2D eigenvalue weighted by atomic mass is 32.1. The minimum atomic E-state index is -0.707. The van der Waals surface area contributed by atoms with Gasteiger partial charge in [-0.05, 0) is 31.5 Å². The van der Waals surface area contributed by atoms with Crippen LogP contribution < -0.4 is 5.73 Å². The van der Waals surface area contributed by atoms with Gasteiger partial charge in [0.1, 0.15) is 5.82 Å². The van der Waals surface area contributed by atoms with Gasteiger partial charge >= 0.3 is 0 Å². The van der Waals surface area contributed by atoms with Gasteiger partial charge in [-0.2, -0.15) is 0 Å². The Morgan fingerprint density at radius 3 is 2.42 bits per heavy atom. The van der Waals surface area contributed by atoms with Crippen LogP contribution in [0.15, 0.2) is 24.3 Å². The molecule has 0 bridgehead atoms. The van der Waals surface area contributed by atoms with E-state index in [1.807, 2.05) is 13.8 Å². The Kier molecular flexibility index (Phi) is 4.29. The summed E-state index contributed by atoms with van der Waals surface area (Å²) in [6.45, 7) is 4.08. The molecule has 3 nitrogen and oxygen atoms in total. The lowest BCUT2D eigenvalue weighted by Crippen LogP contribution is -2.20. The summed E-state index contributed by atoms with van der Waals surface area (Å²) in [6.07, 6.45) is -0.707. The van der Waals surface area contributed by atoms with Crippen LogP contribution in [-0.4, -0.2) is 16.6 Å². The van der Waals surface area contributed by atoms with Gasteiger partial charge in [0.25, 0.3) is 0 Å². The van der Waals surface area contributed by atoms with Crippen molar-refractivity contribution < 1.29 is 9.50 Å². The van der Waals surface area contributed by atoms with Gasteiger partial charge in [-0.1, -0.05) is 12.1 Å². The number of aryl methyl sites for hydroxylation is 2. The number of rotatable bonds is 4. The average molecular weight is 280 g/mol. The summed E-state index contributed by atoms with van der Waals surface area (Å²) >= 11 is 1.47. The zero-order valence-electron chi connectivity index (χ0n) is 10.9. The third-order valence-corrected chi connectivity index (χ3v) is 4.28. The predicted octanol–water partition coefficient (Wildman–Crippen LogP) is 2.67. The van der Waals surface area contributed by atoms with Crippen LogP contribution in [0.1, 0.15) is 33.2 Å². The maximum absolute atomic E-state index is 12.9. The molecule has 0 spiro atoms. The number of aliphatic hydroxyl groups is 1. The highest BCUT2D eigenvalue weighted by molar-refractivity contribution is 7.11. The fraction of sp³-hybridized carbons (Fsp3) is 0.357. The van der Waals surface area contributed by atoms with Crippen LogP contribution in [0.2, 0.25) is 0 Å². The number of thiazole rings is 1. The molecule has 2 aromatic rings. The van der Waals surface area contributed by atoms with Gasteiger partial charge in [0.15, 0.2) is 0 Å². The number of benzene rings is 1. The van der Waals surface area contributed by atoms with Crippen molar-refractivity contribution in [2.75, 3.05) is 6.54 Å². The van der Waals surface area contributed by atoms with Crippen LogP contribution in [0, 0.1) is 19.7 Å². The SMILES string of the molecule is Cc1nc(C)c(C(O)C(CN)c2ccc(F)cc2)s1. The van der Waals surface area contributed by atoms with Crippen molar-refractivity contribution in [2.45, 2.75) is 25.9 Å². The molecule has 2 atom stereocenters. The van der Waals surface area contributed by atoms with Crippen molar-refractivity contribution >= 4 is 11.3 Å². The van der Waals surface area contributed by atoms with Crippen molar-refractivity contribution in [1.29, 1.82) is 0 Å². The zero-order chi connectivity index (χ0) is 14.0. The van der Waals surface area contributed by atoms with Crippen molar-refractivity contribution in [3.05, 3.63) is 51.2 Å². The second kappa shape index (κ2) is 5.77. The quantitative estimate of drug-likeness (QED) is 0.905. The summed E-state index contributed by atoms with van der Waals surface area (Å²) < 4.78 is 12.9. The van der Waals surface area contributed by atoms with Gasteiger partial charge in [0, 0.05) is 12.5 Å². The molecule has 1 aromatic heterocycles. The average Bonchev–Trinajstić information content (AvgIpc) is 2.71. The van der Waals surface area contributed by atoms with Gasteiger partial charge in [-0.15, -0.1) is 11.3 Å². The first-order valence-corrected chi connectivity index (χ1v) is 6.92. The van der Waals surface area contributed by atoms with Gasteiger partial charge in [0.2, 0.25) is 0 Å². The van der Waals surface area contributed by atoms with Crippen molar-refractivity contribution in [3.8, 4) is 0 Å². The molecule has 1 aromatic carbocycles. The molecule has 1 heterocycles. The largest absolute Gasteiger partial charge is 0.387 e. The van der Waals surface area contributed by atoms with Crippen LogP contribution in [0.25, 0.3) is 0 Å². The first-order chi connectivity index (χ1) is 9.02. The summed E-state index contributed by atoms with van der Waals surface area (Å²) in [7, 11) is 0. The van der Waals surface area contributed by atoms with E-state index in [4.69, 9.17) is 5.73 Å². The second-order valence-electron chi connectivity index (χ2n) is 4.52. The summed E-state index contributed by atoms with van der Waals surface area (Å²) in [5.41, 5.74) is 7.43. The molecule has 0 radical (unpaired) electrons. The molecule has 0 aliphatic carbocycles. The van der Waals surface area contributed by atoms with E-state index in [9.17, 15) is 9.50 Å². The van der Waals surface area contributed by atoms with E-state index in [1.165, 1.54) is 23.5 Å². The van der Waals surface area contributed by atoms with E-state index in [0.29, 0.717) is 6.54 Å². The molecular formula is C14H17FN2OS. The molecule has 19 heavy (non-hydrogen) atoms. The van der Waals surface area contributed by atoms with Crippen LogP contribution in [0.5, 0.6) is 0 Å². The van der Waals surface area contributed by atoms with Crippen LogP contribution in [-0.2, 0) is 0 Å². The second-order valence-corrected chi connectivity index (χ2v) is 5.76. The lowest BCUT2D eigenvalue weighted by Gasteiger charge is -2.21. The van der Waals surface area contributed by atoms with E-state index >= 15 is 0 Å². The van der Waals surface area contributed by atoms with Crippen LogP contribution in [0.3, 0.4) is 0 Å².